The number of hydrogen-bond acceptors (Lipinski definition) is 3. The fraction of sp³-hybridized carbons (Fsp3) is 0.600. The molecular weight excluding hydrogens is 291 g/mol. The van der Waals surface area contributed by atoms with E-state index in [0.29, 0.717) is 13.1 Å². The molecule has 2 N–H and O–H groups in total. The second kappa shape index (κ2) is 5.57. The van der Waals surface area contributed by atoms with Crippen LogP contribution in [0, 0.1) is 18.2 Å². The molecule has 0 atom stereocenters. The summed E-state index contributed by atoms with van der Waals surface area (Å²) in [5.41, 5.74) is 6.01. The van der Waals surface area contributed by atoms with E-state index in [9.17, 15) is 12.8 Å². The van der Waals surface area contributed by atoms with Crippen LogP contribution in [0.5, 0.6) is 0 Å². The lowest BCUT2D eigenvalue weighted by molar-refractivity contribution is 0.314. The Morgan fingerprint density at radius 3 is 2.57 bits per heavy atom. The maximum Gasteiger partial charge on any atom is 0.243 e. The summed E-state index contributed by atoms with van der Waals surface area (Å²) in [7, 11) is -3.70. The number of anilines is 1. The number of nitrogens with zero attached hydrogens (tertiary/aromatic N) is 1. The first-order chi connectivity index (χ1) is 9.63. The predicted octanol–water partition coefficient (Wildman–Crippen LogP) is 2.92. The lowest BCUT2D eigenvalue weighted by Crippen LogP contribution is -2.33. The average molecular weight is 314 g/mol. The zero-order valence-corrected chi connectivity index (χ0v) is 13.6. The molecule has 1 saturated heterocycles. The maximum atomic E-state index is 13.8. The number of sulfonamides is 1. The van der Waals surface area contributed by atoms with E-state index in [2.05, 4.69) is 13.8 Å². The summed E-state index contributed by atoms with van der Waals surface area (Å²) in [5.74, 6) is -0.580. The molecule has 6 heteroatoms. The molecule has 21 heavy (non-hydrogen) atoms. The van der Waals surface area contributed by atoms with Crippen molar-refractivity contribution in [3.05, 3.63) is 23.5 Å². The van der Waals surface area contributed by atoms with Gasteiger partial charge in [0, 0.05) is 24.3 Å². The molecule has 0 unspecified atom stereocenters. The Kier molecular flexibility index (Phi) is 4.31. The Balaban J connectivity index is 2.39. The highest BCUT2D eigenvalue weighted by Gasteiger charge is 2.32. The molecule has 0 aliphatic carbocycles. The molecule has 1 aliphatic heterocycles. The van der Waals surface area contributed by atoms with Crippen LogP contribution in [0.25, 0.3) is 0 Å². The van der Waals surface area contributed by atoms with Gasteiger partial charge in [-0.2, -0.15) is 4.31 Å². The van der Waals surface area contributed by atoms with Crippen molar-refractivity contribution in [3.8, 4) is 0 Å². The molecule has 0 amide bonds. The largest absolute Gasteiger partial charge is 0.399 e. The number of nitrogen functional groups attached to an aromatic ring is 1. The standard InChI is InChI=1S/C15H23FN2O2S/c1-11-13(16)9-12(17)10-14(11)21(19,20)18-7-4-5-15(2,3)6-8-18/h9-10H,4-8,17H2,1-3H3. The summed E-state index contributed by atoms with van der Waals surface area (Å²) >= 11 is 0. The molecule has 0 radical (unpaired) electrons. The van der Waals surface area contributed by atoms with Crippen molar-refractivity contribution in [2.24, 2.45) is 5.41 Å². The Labute approximate surface area is 126 Å². The third kappa shape index (κ3) is 3.37. The van der Waals surface area contributed by atoms with Crippen LogP contribution in [-0.2, 0) is 10.0 Å². The van der Waals surface area contributed by atoms with Gasteiger partial charge in [0.1, 0.15) is 5.82 Å². The first kappa shape index (κ1) is 16.2. The third-order valence-corrected chi connectivity index (χ3v) is 6.26. The second-order valence-electron chi connectivity index (χ2n) is 6.55. The highest BCUT2D eigenvalue weighted by molar-refractivity contribution is 7.89. The van der Waals surface area contributed by atoms with Crippen LogP contribution in [0.15, 0.2) is 17.0 Å². The Hall–Kier alpha value is -1.14. The second-order valence-corrected chi connectivity index (χ2v) is 8.45. The Bertz CT molecular complexity index is 641. The molecule has 1 fully saturated rings. The molecule has 0 spiro atoms. The number of rotatable bonds is 2. The number of hydrogen-bond donors (Lipinski definition) is 1. The topological polar surface area (TPSA) is 63.4 Å². The third-order valence-electron chi connectivity index (χ3n) is 4.24. The van der Waals surface area contributed by atoms with Gasteiger partial charge < -0.3 is 5.73 Å². The SMILES string of the molecule is Cc1c(F)cc(N)cc1S(=O)(=O)N1CCCC(C)(C)CC1. The molecule has 2 rings (SSSR count). The first-order valence-electron chi connectivity index (χ1n) is 7.19. The van der Waals surface area contributed by atoms with Crippen molar-refractivity contribution >= 4 is 15.7 Å². The molecule has 0 aromatic heterocycles. The van der Waals surface area contributed by atoms with Crippen LogP contribution in [0.3, 0.4) is 0 Å². The molecule has 4 nitrogen and oxygen atoms in total. The monoisotopic (exact) mass is 314 g/mol. The molecule has 118 valence electrons. The highest BCUT2D eigenvalue weighted by Crippen LogP contribution is 2.33. The normalized spacial score (nSPS) is 20.2. The summed E-state index contributed by atoms with van der Waals surface area (Å²) in [6.07, 6.45) is 2.61. The summed E-state index contributed by atoms with van der Waals surface area (Å²) < 4.78 is 40.8. The van der Waals surface area contributed by atoms with Gasteiger partial charge >= 0.3 is 0 Å². The molecule has 1 heterocycles. The zero-order chi connectivity index (χ0) is 15.8. The minimum Gasteiger partial charge on any atom is -0.399 e. The van der Waals surface area contributed by atoms with Gasteiger partial charge in [0.15, 0.2) is 0 Å². The molecule has 0 saturated carbocycles. The van der Waals surface area contributed by atoms with E-state index in [-0.39, 0.29) is 21.6 Å². The molecule has 1 aliphatic rings. The van der Waals surface area contributed by atoms with Gasteiger partial charge in [-0.25, -0.2) is 12.8 Å². The van der Waals surface area contributed by atoms with E-state index in [4.69, 9.17) is 5.73 Å². The highest BCUT2D eigenvalue weighted by atomic mass is 32.2. The smallest absolute Gasteiger partial charge is 0.243 e. The molecule has 1 aromatic rings. The van der Waals surface area contributed by atoms with Crippen LogP contribution in [-0.4, -0.2) is 25.8 Å². The summed E-state index contributed by atoms with van der Waals surface area (Å²) in [6.45, 7) is 6.71. The van der Waals surface area contributed by atoms with Gasteiger partial charge in [-0.3, -0.25) is 0 Å². The van der Waals surface area contributed by atoms with Crippen molar-refractivity contribution in [1.82, 2.24) is 4.31 Å². The zero-order valence-electron chi connectivity index (χ0n) is 12.8. The van der Waals surface area contributed by atoms with Crippen molar-refractivity contribution < 1.29 is 12.8 Å². The number of halogens is 1. The van der Waals surface area contributed by atoms with E-state index < -0.39 is 15.8 Å². The van der Waals surface area contributed by atoms with Crippen LogP contribution >= 0.6 is 0 Å². The molecule has 1 aromatic carbocycles. The Morgan fingerprint density at radius 1 is 1.24 bits per heavy atom. The average Bonchev–Trinajstić information content (AvgIpc) is 2.55. The van der Waals surface area contributed by atoms with Crippen LogP contribution in [0.1, 0.15) is 38.7 Å². The number of benzene rings is 1. The van der Waals surface area contributed by atoms with E-state index in [1.54, 1.807) is 0 Å². The first-order valence-corrected chi connectivity index (χ1v) is 8.63. The van der Waals surface area contributed by atoms with Gasteiger partial charge in [-0.05, 0) is 43.7 Å². The fourth-order valence-electron chi connectivity index (χ4n) is 2.72. The van der Waals surface area contributed by atoms with E-state index in [1.807, 2.05) is 0 Å². The van der Waals surface area contributed by atoms with Gasteiger partial charge in [0.2, 0.25) is 10.0 Å². The van der Waals surface area contributed by atoms with Crippen molar-refractivity contribution in [1.29, 1.82) is 0 Å². The minimum absolute atomic E-state index is 0.0142. The van der Waals surface area contributed by atoms with E-state index >= 15 is 0 Å². The van der Waals surface area contributed by atoms with Gasteiger partial charge in [-0.1, -0.05) is 13.8 Å². The minimum atomic E-state index is -3.70. The predicted molar refractivity (Wildman–Crippen MR) is 81.9 cm³/mol. The molecular formula is C15H23FN2O2S. The Morgan fingerprint density at radius 2 is 1.90 bits per heavy atom. The van der Waals surface area contributed by atoms with E-state index in [0.717, 1.165) is 25.3 Å². The quantitative estimate of drug-likeness (QED) is 0.854. The van der Waals surface area contributed by atoms with Gasteiger partial charge in [0.05, 0.1) is 4.90 Å². The maximum absolute atomic E-state index is 13.8. The van der Waals surface area contributed by atoms with Crippen LogP contribution in [0.2, 0.25) is 0 Å². The van der Waals surface area contributed by atoms with Crippen molar-refractivity contribution in [3.63, 3.8) is 0 Å². The number of nitrogens with two attached hydrogens (primary N) is 1. The van der Waals surface area contributed by atoms with Crippen LogP contribution < -0.4 is 5.73 Å². The lowest BCUT2D eigenvalue weighted by atomic mass is 9.85. The summed E-state index contributed by atoms with van der Waals surface area (Å²) in [5, 5.41) is 0. The fourth-order valence-corrected chi connectivity index (χ4v) is 4.47. The summed E-state index contributed by atoms with van der Waals surface area (Å²) in [6, 6.07) is 2.50. The van der Waals surface area contributed by atoms with Gasteiger partial charge in [-0.15, -0.1) is 0 Å². The van der Waals surface area contributed by atoms with Crippen LogP contribution in [0.4, 0.5) is 10.1 Å². The van der Waals surface area contributed by atoms with Crippen molar-refractivity contribution in [2.45, 2.75) is 44.9 Å². The van der Waals surface area contributed by atoms with E-state index in [1.165, 1.54) is 17.3 Å². The lowest BCUT2D eigenvalue weighted by Gasteiger charge is -2.23. The van der Waals surface area contributed by atoms with Crippen molar-refractivity contribution in [2.75, 3.05) is 18.8 Å². The summed E-state index contributed by atoms with van der Waals surface area (Å²) in [4.78, 5) is -0.0142. The van der Waals surface area contributed by atoms with Gasteiger partial charge in [0.25, 0.3) is 0 Å². The molecule has 0 bridgehead atoms.